The second-order valence-corrected chi connectivity index (χ2v) is 11.3. The molecule has 1 atom stereocenters. The Morgan fingerprint density at radius 2 is 1.81 bits per heavy atom. The Morgan fingerprint density at radius 1 is 1.14 bits per heavy atom. The van der Waals surface area contributed by atoms with E-state index in [0.29, 0.717) is 5.82 Å². The highest BCUT2D eigenvalue weighted by atomic mass is 32.2. The van der Waals surface area contributed by atoms with E-state index in [1.807, 2.05) is 73.1 Å². The number of ether oxygens (including phenoxy) is 1. The van der Waals surface area contributed by atoms with Gasteiger partial charge in [-0.05, 0) is 40.7 Å². The van der Waals surface area contributed by atoms with E-state index < -0.39 is 5.54 Å². The summed E-state index contributed by atoms with van der Waals surface area (Å²) in [4.78, 5) is 28.1. The summed E-state index contributed by atoms with van der Waals surface area (Å²) in [6.45, 7) is 9.92. The summed E-state index contributed by atoms with van der Waals surface area (Å²) in [6.07, 6.45) is 0. The summed E-state index contributed by atoms with van der Waals surface area (Å²) in [5, 5.41) is 7.81. The molecular weight excluding hydrogens is 472 g/mol. The third-order valence-corrected chi connectivity index (χ3v) is 7.18. The van der Waals surface area contributed by atoms with E-state index in [1.54, 1.807) is 12.0 Å². The van der Waals surface area contributed by atoms with Crippen LogP contribution in [0.25, 0.3) is 11.3 Å². The zero-order chi connectivity index (χ0) is 26.0. The van der Waals surface area contributed by atoms with Crippen molar-refractivity contribution in [3.05, 3.63) is 65.7 Å². The fourth-order valence-corrected chi connectivity index (χ4v) is 5.66. The molecule has 36 heavy (non-hydrogen) atoms. The van der Waals surface area contributed by atoms with Crippen LogP contribution in [0.15, 0.2) is 54.6 Å². The number of para-hydroxylation sites is 1. The summed E-state index contributed by atoms with van der Waals surface area (Å²) in [7, 11) is 1.66. The highest BCUT2D eigenvalue weighted by Crippen LogP contribution is 2.50. The smallest absolute Gasteiger partial charge is 0.240 e. The van der Waals surface area contributed by atoms with Crippen molar-refractivity contribution in [1.82, 2.24) is 15.1 Å². The minimum atomic E-state index is -0.440. The Kier molecular flexibility index (Phi) is 7.45. The molecule has 2 amide bonds. The number of amides is 2. The molecule has 1 aliphatic rings. The van der Waals surface area contributed by atoms with Crippen LogP contribution < -0.4 is 15.0 Å². The molecular formula is C28H34N4O3S. The van der Waals surface area contributed by atoms with E-state index in [2.05, 4.69) is 26.1 Å². The molecule has 7 nitrogen and oxygen atoms in total. The van der Waals surface area contributed by atoms with Crippen molar-refractivity contribution >= 4 is 29.4 Å². The number of nitrogens with zero attached hydrogens (tertiary/aromatic N) is 3. The van der Waals surface area contributed by atoms with Gasteiger partial charge in [-0.25, -0.2) is 4.68 Å². The number of thioether (sulfide) groups is 1. The van der Waals surface area contributed by atoms with Crippen molar-refractivity contribution in [1.29, 1.82) is 0 Å². The van der Waals surface area contributed by atoms with Gasteiger partial charge in [-0.2, -0.15) is 5.10 Å². The quantitative estimate of drug-likeness (QED) is 0.509. The van der Waals surface area contributed by atoms with Gasteiger partial charge >= 0.3 is 0 Å². The van der Waals surface area contributed by atoms with E-state index in [0.717, 1.165) is 28.1 Å². The largest absolute Gasteiger partial charge is 0.496 e. The van der Waals surface area contributed by atoms with Crippen LogP contribution in [0.5, 0.6) is 5.75 Å². The predicted molar refractivity (Wildman–Crippen MR) is 146 cm³/mol. The lowest BCUT2D eigenvalue weighted by molar-refractivity contribution is -0.123. The number of carbonyl (C=O) groups excluding carboxylic acids is 2. The summed E-state index contributed by atoms with van der Waals surface area (Å²) in [5.74, 6) is 1.31. The topological polar surface area (TPSA) is 76.5 Å². The summed E-state index contributed by atoms with van der Waals surface area (Å²) < 4.78 is 7.64. The van der Waals surface area contributed by atoms with Crippen molar-refractivity contribution in [3.8, 4) is 17.0 Å². The van der Waals surface area contributed by atoms with E-state index >= 15 is 0 Å². The van der Waals surface area contributed by atoms with Crippen molar-refractivity contribution < 1.29 is 14.3 Å². The zero-order valence-corrected chi connectivity index (χ0v) is 22.6. The van der Waals surface area contributed by atoms with Crippen LogP contribution in [-0.2, 0) is 15.1 Å². The van der Waals surface area contributed by atoms with E-state index in [1.165, 1.54) is 11.8 Å². The van der Waals surface area contributed by atoms with Gasteiger partial charge in [0, 0.05) is 22.7 Å². The molecule has 190 valence electrons. The molecule has 0 radical (unpaired) electrons. The van der Waals surface area contributed by atoms with E-state index in [9.17, 15) is 9.59 Å². The number of aromatic nitrogens is 2. The molecule has 0 saturated carbocycles. The lowest BCUT2D eigenvalue weighted by atomic mass is 9.98. The minimum absolute atomic E-state index is 0.0258. The molecule has 3 aromatic rings. The van der Waals surface area contributed by atoms with Crippen molar-refractivity contribution in [2.45, 2.75) is 51.4 Å². The average Bonchev–Trinajstić information content (AvgIpc) is 3.18. The maximum Gasteiger partial charge on any atom is 0.240 e. The van der Waals surface area contributed by atoms with Crippen molar-refractivity contribution in [2.24, 2.45) is 0 Å². The number of hydrogen-bond acceptors (Lipinski definition) is 5. The van der Waals surface area contributed by atoms with E-state index in [-0.39, 0.29) is 35.4 Å². The number of hydrogen-bond donors (Lipinski definition) is 1. The molecule has 1 aromatic heterocycles. The van der Waals surface area contributed by atoms with Gasteiger partial charge in [-0.3, -0.25) is 14.5 Å². The number of fused-ring (bicyclic) bond motifs is 1. The minimum Gasteiger partial charge on any atom is -0.496 e. The maximum atomic E-state index is 13.6. The molecule has 0 bridgehead atoms. The third-order valence-electron chi connectivity index (χ3n) is 5.94. The normalized spacial score (nSPS) is 16.0. The standard InChI is InChI=1S/C28H34N4O3S/c1-18(2)29-22(33)16-31-23(34)17-36-26(20-14-10-11-15-21(20)35-6)24-25(19-12-8-7-9-13-19)30-32(27(24)31)28(3,4)5/h7-15,18,26H,16-17H2,1-6H3,(H,29,33)/t26-/m0/s1. The lowest BCUT2D eigenvalue weighted by Crippen LogP contribution is -2.45. The fourth-order valence-electron chi connectivity index (χ4n) is 4.44. The average molecular weight is 507 g/mol. The Balaban J connectivity index is 2.02. The second kappa shape index (κ2) is 10.4. The number of benzene rings is 2. The SMILES string of the molecule is COc1ccccc1[C@@H]1SCC(=O)N(CC(=O)NC(C)C)c2c1c(-c1ccccc1)nn2C(C)(C)C. The van der Waals surface area contributed by atoms with Crippen LogP contribution in [0.4, 0.5) is 5.82 Å². The van der Waals surface area contributed by atoms with Crippen LogP contribution in [0.2, 0.25) is 0 Å². The van der Waals surface area contributed by atoms with Crippen LogP contribution >= 0.6 is 11.8 Å². The van der Waals surface area contributed by atoms with Gasteiger partial charge in [-0.15, -0.1) is 11.8 Å². The first-order valence-corrected chi connectivity index (χ1v) is 13.2. The molecule has 0 unspecified atom stereocenters. The molecule has 2 heterocycles. The monoisotopic (exact) mass is 506 g/mol. The summed E-state index contributed by atoms with van der Waals surface area (Å²) in [6, 6.07) is 17.9. The molecule has 8 heteroatoms. The highest BCUT2D eigenvalue weighted by molar-refractivity contribution is 8.00. The van der Waals surface area contributed by atoms with Crippen LogP contribution in [0, 0.1) is 0 Å². The summed E-state index contributed by atoms with van der Waals surface area (Å²) in [5.41, 5.74) is 3.20. The first kappa shape index (κ1) is 25.8. The number of methoxy groups -OCH3 is 1. The summed E-state index contributed by atoms with van der Waals surface area (Å²) >= 11 is 1.54. The number of nitrogens with one attached hydrogen (secondary N) is 1. The molecule has 0 aliphatic carbocycles. The van der Waals surface area contributed by atoms with Crippen molar-refractivity contribution in [3.63, 3.8) is 0 Å². The van der Waals surface area contributed by atoms with Gasteiger partial charge in [0.05, 0.1) is 29.3 Å². The lowest BCUT2D eigenvalue weighted by Gasteiger charge is -2.29. The Morgan fingerprint density at radius 3 is 2.44 bits per heavy atom. The molecule has 1 aliphatic heterocycles. The van der Waals surface area contributed by atoms with Gasteiger partial charge in [0.25, 0.3) is 0 Å². The number of anilines is 1. The fraction of sp³-hybridized carbons (Fsp3) is 0.393. The van der Waals surface area contributed by atoms with Crippen LogP contribution in [0.3, 0.4) is 0 Å². The first-order valence-electron chi connectivity index (χ1n) is 12.1. The molecule has 1 N–H and O–H groups in total. The maximum absolute atomic E-state index is 13.6. The molecule has 4 rings (SSSR count). The molecule has 0 spiro atoms. The second-order valence-electron chi connectivity index (χ2n) is 10.2. The zero-order valence-electron chi connectivity index (χ0n) is 21.7. The molecule has 2 aromatic carbocycles. The van der Waals surface area contributed by atoms with Gasteiger partial charge in [0.1, 0.15) is 18.1 Å². The van der Waals surface area contributed by atoms with Crippen LogP contribution in [-0.4, -0.2) is 47.0 Å². The Hall–Kier alpha value is -3.26. The highest BCUT2D eigenvalue weighted by Gasteiger charge is 2.40. The van der Waals surface area contributed by atoms with Crippen LogP contribution in [0.1, 0.15) is 51.0 Å². The first-order chi connectivity index (χ1) is 17.1. The van der Waals surface area contributed by atoms with Gasteiger partial charge in [0.2, 0.25) is 11.8 Å². The molecule has 0 saturated heterocycles. The van der Waals surface area contributed by atoms with Gasteiger partial charge in [-0.1, -0.05) is 48.5 Å². The Bertz CT molecular complexity index is 1250. The van der Waals surface area contributed by atoms with Crippen molar-refractivity contribution in [2.75, 3.05) is 24.3 Å². The third kappa shape index (κ3) is 5.14. The number of rotatable bonds is 6. The van der Waals surface area contributed by atoms with E-state index in [4.69, 9.17) is 9.84 Å². The Labute approximate surface area is 217 Å². The van der Waals surface area contributed by atoms with Gasteiger partial charge < -0.3 is 10.1 Å². The predicted octanol–water partition coefficient (Wildman–Crippen LogP) is 5.01. The molecule has 0 fully saturated rings. The van der Waals surface area contributed by atoms with Gasteiger partial charge in [0.15, 0.2) is 0 Å². The number of carbonyl (C=O) groups is 2.